The average molecular weight is 504 g/mol. The van der Waals surface area contributed by atoms with E-state index < -0.39 is 16.7 Å². The molecule has 2 heterocycles. The maximum absolute atomic E-state index is 13.7. The fourth-order valence-electron chi connectivity index (χ4n) is 4.29. The minimum absolute atomic E-state index is 0.108. The van der Waals surface area contributed by atoms with Gasteiger partial charge in [0.25, 0.3) is 5.91 Å². The van der Waals surface area contributed by atoms with Crippen LogP contribution in [0.3, 0.4) is 0 Å². The summed E-state index contributed by atoms with van der Waals surface area (Å²) in [5.74, 6) is -0.577. The minimum atomic E-state index is -0.616. The first-order valence-corrected chi connectivity index (χ1v) is 13.2. The number of anilines is 1. The molecule has 0 bridgehead atoms. The lowest BCUT2D eigenvalue weighted by molar-refractivity contribution is 0.101. The third-order valence-electron chi connectivity index (χ3n) is 6.27. The van der Waals surface area contributed by atoms with Gasteiger partial charge < -0.3 is 9.88 Å². The maximum Gasteiger partial charge on any atom is 0.272 e. The molecule has 1 amide bonds. The lowest BCUT2D eigenvalue weighted by Crippen LogP contribution is -2.34. The van der Waals surface area contributed by atoms with Crippen molar-refractivity contribution < 1.29 is 9.18 Å². The van der Waals surface area contributed by atoms with Crippen molar-refractivity contribution in [1.82, 2.24) is 9.29 Å². The Bertz CT molecular complexity index is 1360. The van der Waals surface area contributed by atoms with Crippen LogP contribution in [0.4, 0.5) is 10.1 Å². The molecule has 2 aromatic carbocycles. The Morgan fingerprint density at radius 1 is 1.31 bits per heavy atom. The van der Waals surface area contributed by atoms with E-state index in [1.807, 2.05) is 32.3 Å². The van der Waals surface area contributed by atoms with Crippen LogP contribution < -0.4 is 10.0 Å². The predicted octanol–water partition coefficient (Wildman–Crippen LogP) is 5.64. The number of nitrogens with zero attached hydrogens (tertiary/aromatic N) is 3. The number of nitrogens with one attached hydrogen (secondary N) is 2. The highest BCUT2D eigenvalue weighted by molar-refractivity contribution is 7.85. The van der Waals surface area contributed by atoms with Crippen molar-refractivity contribution in [3.8, 4) is 6.07 Å². The topological polar surface area (TPSA) is 82.2 Å². The highest BCUT2D eigenvalue weighted by Gasteiger charge is 2.26. The van der Waals surface area contributed by atoms with Gasteiger partial charge in [0.2, 0.25) is 0 Å². The van der Waals surface area contributed by atoms with Crippen molar-refractivity contribution in [3.05, 3.63) is 89.0 Å². The third kappa shape index (κ3) is 5.64. The fourth-order valence-corrected chi connectivity index (χ4v) is 6.08. The van der Waals surface area contributed by atoms with Gasteiger partial charge in [-0.05, 0) is 49.4 Å². The van der Waals surface area contributed by atoms with E-state index in [9.17, 15) is 9.18 Å². The Labute approximate surface area is 214 Å². The molecular formula is C28H30FN5OS. The van der Waals surface area contributed by atoms with E-state index >= 15 is 0 Å². The quantitative estimate of drug-likeness (QED) is 0.438. The van der Waals surface area contributed by atoms with Crippen molar-refractivity contribution in [3.63, 3.8) is 0 Å². The Balaban J connectivity index is 1.60. The lowest BCUT2D eigenvalue weighted by Gasteiger charge is -2.22. The number of carbonyl (C=O) groups excluding carboxylic acids is 1. The normalized spacial score (nSPS) is 17.8. The van der Waals surface area contributed by atoms with Gasteiger partial charge in [-0.1, -0.05) is 49.4 Å². The molecule has 0 aliphatic carbocycles. The number of aromatic nitrogens is 1. The number of fused-ring (bicyclic) bond motifs is 1. The van der Waals surface area contributed by atoms with E-state index in [-0.39, 0.29) is 17.5 Å². The molecule has 1 aliphatic heterocycles. The molecule has 0 saturated carbocycles. The molecule has 0 radical (unpaired) electrons. The Hall–Kier alpha value is -3.54. The van der Waals surface area contributed by atoms with Crippen LogP contribution in [0.25, 0.3) is 6.08 Å². The zero-order chi connectivity index (χ0) is 25.7. The van der Waals surface area contributed by atoms with Gasteiger partial charge in [0.05, 0.1) is 10.5 Å². The predicted molar refractivity (Wildman–Crippen MR) is 143 cm³/mol. The van der Waals surface area contributed by atoms with E-state index in [1.165, 1.54) is 23.8 Å². The van der Waals surface area contributed by atoms with Crippen molar-refractivity contribution in [2.75, 3.05) is 11.9 Å². The zero-order valence-electron chi connectivity index (χ0n) is 20.7. The summed E-state index contributed by atoms with van der Waals surface area (Å²) < 4.78 is 24.0. The molecule has 0 spiro atoms. The summed E-state index contributed by atoms with van der Waals surface area (Å²) in [4.78, 5) is 14.3. The first-order chi connectivity index (χ1) is 17.4. The zero-order valence-corrected chi connectivity index (χ0v) is 21.5. The molecule has 1 aliphatic rings. The summed E-state index contributed by atoms with van der Waals surface area (Å²) in [7, 11) is 1.25. The lowest BCUT2D eigenvalue weighted by atomic mass is 9.94. The highest BCUT2D eigenvalue weighted by atomic mass is 32.2. The largest absolute Gasteiger partial charge is 0.345 e. The average Bonchev–Trinajstić information content (AvgIpc) is 3.12. The molecule has 36 heavy (non-hydrogen) atoms. The first kappa shape index (κ1) is 25.5. The van der Waals surface area contributed by atoms with Crippen LogP contribution in [0.15, 0.2) is 70.1 Å². The third-order valence-corrected chi connectivity index (χ3v) is 8.03. The molecule has 8 heteroatoms. The van der Waals surface area contributed by atoms with Crippen LogP contribution in [-0.2, 0) is 24.3 Å². The number of nitriles is 1. The van der Waals surface area contributed by atoms with Gasteiger partial charge in [-0.3, -0.25) is 4.79 Å². The summed E-state index contributed by atoms with van der Waals surface area (Å²) in [5, 5.41) is 11.9. The molecular weight excluding hydrogens is 473 g/mol. The van der Waals surface area contributed by atoms with Crippen molar-refractivity contribution in [2.45, 2.75) is 37.6 Å². The van der Waals surface area contributed by atoms with Gasteiger partial charge in [0, 0.05) is 48.0 Å². The smallest absolute Gasteiger partial charge is 0.272 e. The van der Waals surface area contributed by atoms with Gasteiger partial charge in [0.1, 0.15) is 17.6 Å². The van der Waals surface area contributed by atoms with E-state index in [0.717, 1.165) is 23.3 Å². The highest BCUT2D eigenvalue weighted by Crippen LogP contribution is 2.28. The number of benzene rings is 2. The molecule has 3 unspecified atom stereocenters. The van der Waals surface area contributed by atoms with E-state index in [4.69, 9.17) is 9.62 Å². The van der Waals surface area contributed by atoms with E-state index in [1.54, 1.807) is 10.6 Å². The van der Waals surface area contributed by atoms with Gasteiger partial charge >= 0.3 is 0 Å². The van der Waals surface area contributed by atoms with Gasteiger partial charge in [-0.2, -0.15) is 5.26 Å². The minimum Gasteiger partial charge on any atom is -0.345 e. The molecule has 6 nitrogen and oxygen atoms in total. The molecule has 0 fully saturated rings. The van der Waals surface area contributed by atoms with E-state index in [0.29, 0.717) is 23.8 Å². The monoisotopic (exact) mass is 503 g/mol. The summed E-state index contributed by atoms with van der Waals surface area (Å²) in [6.07, 6.45) is 8.12. The molecule has 3 aromatic rings. The molecule has 186 valence electrons. The van der Waals surface area contributed by atoms with Crippen LogP contribution in [0, 0.1) is 23.1 Å². The number of hydrogen-bond donors (Lipinski definition) is 2. The molecule has 1 aromatic heterocycles. The summed E-state index contributed by atoms with van der Waals surface area (Å²) in [6.45, 7) is 4.91. The number of hydrogen-bond acceptors (Lipinski definition) is 3. The number of amides is 1. The number of aryl methyl sites for hydroxylation is 2. The van der Waals surface area contributed by atoms with Gasteiger partial charge in [-0.25, -0.2) is 13.5 Å². The van der Waals surface area contributed by atoms with Crippen LogP contribution in [0.5, 0.6) is 0 Å². The summed E-state index contributed by atoms with van der Waals surface area (Å²) in [6, 6.07) is 16.4. The standard InChI is InChI=1S/C28H30FN5OS/c1-4-31-36-26-18-34(3)27(28(35)32-22-12-14-24(29)21(16-22)17-30)23(26)13-15-25(33-36)19(2)10-11-20-8-6-5-7-9-20/h5-9,12-16,18-19,25H,4,10-11H2,1-3H3,(H,31,33)(H,32,35). The van der Waals surface area contributed by atoms with E-state index in [2.05, 4.69) is 47.3 Å². The fraction of sp³-hybridized carbons (Fsp3) is 0.286. The molecule has 3 atom stereocenters. The Kier molecular flexibility index (Phi) is 8.14. The second-order valence-corrected chi connectivity index (χ2v) is 10.4. The maximum atomic E-state index is 13.7. The van der Waals surface area contributed by atoms with Gasteiger partial charge in [0.15, 0.2) is 0 Å². The van der Waals surface area contributed by atoms with Crippen LogP contribution in [0.1, 0.15) is 47.4 Å². The van der Waals surface area contributed by atoms with Crippen molar-refractivity contribution in [2.24, 2.45) is 17.3 Å². The SMILES string of the molecule is CCN=S1NC(C(C)CCc2ccccc2)C=Cc2c1cn(C)c2C(=O)Nc1ccc(F)c(C#N)c1. The second-order valence-electron chi connectivity index (χ2n) is 8.86. The first-order valence-electron chi connectivity index (χ1n) is 12.0. The summed E-state index contributed by atoms with van der Waals surface area (Å²) in [5.41, 5.74) is 2.89. The number of rotatable bonds is 7. The van der Waals surface area contributed by atoms with Crippen molar-refractivity contribution in [1.29, 1.82) is 5.26 Å². The molecule has 2 N–H and O–H groups in total. The summed E-state index contributed by atoms with van der Waals surface area (Å²) >= 11 is 0. The van der Waals surface area contributed by atoms with Crippen LogP contribution >= 0.6 is 0 Å². The Morgan fingerprint density at radius 2 is 2.08 bits per heavy atom. The second kappa shape index (κ2) is 11.5. The van der Waals surface area contributed by atoms with Crippen LogP contribution in [0.2, 0.25) is 0 Å². The molecule has 4 rings (SSSR count). The van der Waals surface area contributed by atoms with Crippen LogP contribution in [-0.4, -0.2) is 23.1 Å². The molecule has 0 saturated heterocycles. The number of halogens is 1. The Morgan fingerprint density at radius 3 is 2.81 bits per heavy atom. The van der Waals surface area contributed by atoms with Gasteiger partial charge in [-0.15, -0.1) is 0 Å². The number of carbonyl (C=O) groups is 1. The van der Waals surface area contributed by atoms with Crippen molar-refractivity contribution >= 4 is 28.5 Å².